The quantitative estimate of drug-likeness (QED) is 0.200. The Morgan fingerprint density at radius 3 is 2.44 bits per heavy atom. The Balaban J connectivity index is 1.69. The summed E-state index contributed by atoms with van der Waals surface area (Å²) < 4.78 is 5.22. The van der Waals surface area contributed by atoms with Crippen LogP contribution in [0.4, 0.5) is 16.2 Å². The largest absolute Gasteiger partial charge is 0.444 e. The third-order valence-electron chi connectivity index (χ3n) is 4.03. The van der Waals surface area contributed by atoms with Gasteiger partial charge in [-0.2, -0.15) is 0 Å². The summed E-state index contributed by atoms with van der Waals surface area (Å²) in [6, 6.07) is 11.3. The van der Waals surface area contributed by atoms with Gasteiger partial charge in [-0.05, 0) is 69.7 Å². The van der Waals surface area contributed by atoms with Crippen LogP contribution in [-0.4, -0.2) is 34.8 Å². The first-order chi connectivity index (χ1) is 15.0. The number of ether oxygens (including phenoxy) is 1. The number of hydrogen-bond donors (Lipinski definition) is 2. The molecule has 2 aromatic rings. The second-order valence-electron chi connectivity index (χ2n) is 7.88. The third-order valence-corrected chi connectivity index (χ3v) is 5.46. The molecule has 8 nitrogen and oxygen atoms in total. The van der Waals surface area contributed by atoms with Crippen LogP contribution in [0.25, 0.3) is 0 Å². The molecular weight excluding hydrogens is 454 g/mol. The van der Waals surface area contributed by atoms with E-state index >= 15 is 0 Å². The molecule has 0 heterocycles. The van der Waals surface area contributed by atoms with Crippen LogP contribution in [0.15, 0.2) is 47.4 Å². The maximum Gasteiger partial charge on any atom is 0.412 e. The number of nitro benzene ring substituents is 1. The van der Waals surface area contributed by atoms with Crippen molar-refractivity contribution in [1.82, 2.24) is 5.32 Å². The molecule has 0 unspecified atom stereocenters. The summed E-state index contributed by atoms with van der Waals surface area (Å²) in [4.78, 5) is 35.4. The average Bonchev–Trinajstić information content (AvgIpc) is 2.70. The zero-order valence-electron chi connectivity index (χ0n) is 18.1. The van der Waals surface area contributed by atoms with E-state index in [0.717, 1.165) is 23.5 Å². The Bertz CT molecular complexity index is 961. The van der Waals surface area contributed by atoms with Crippen molar-refractivity contribution in [1.29, 1.82) is 0 Å². The number of hydrogen-bond acceptors (Lipinski definition) is 6. The Kier molecular flexibility index (Phi) is 9.34. The van der Waals surface area contributed by atoms with Crippen LogP contribution in [0.2, 0.25) is 5.02 Å². The molecule has 0 aromatic heterocycles. The topological polar surface area (TPSA) is 111 Å². The fraction of sp³-hybridized carbons (Fsp3) is 0.364. The van der Waals surface area contributed by atoms with Gasteiger partial charge in [-0.1, -0.05) is 11.6 Å². The van der Waals surface area contributed by atoms with Crippen molar-refractivity contribution in [2.75, 3.05) is 17.6 Å². The molecule has 0 aliphatic carbocycles. The lowest BCUT2D eigenvalue weighted by Crippen LogP contribution is -2.27. The molecule has 0 radical (unpaired) electrons. The van der Waals surface area contributed by atoms with E-state index in [1.165, 1.54) is 18.2 Å². The third kappa shape index (κ3) is 8.76. The summed E-state index contributed by atoms with van der Waals surface area (Å²) in [7, 11) is 0. The van der Waals surface area contributed by atoms with E-state index in [2.05, 4.69) is 10.6 Å². The fourth-order valence-corrected chi connectivity index (χ4v) is 3.69. The minimum absolute atomic E-state index is 0.0929. The van der Waals surface area contributed by atoms with Crippen LogP contribution in [-0.2, 0) is 4.74 Å². The van der Waals surface area contributed by atoms with E-state index in [1.54, 1.807) is 32.5 Å². The fourth-order valence-electron chi connectivity index (χ4n) is 2.57. The number of nitro groups is 1. The molecule has 2 rings (SSSR count). The van der Waals surface area contributed by atoms with E-state index in [0.29, 0.717) is 12.2 Å². The first-order valence-electron chi connectivity index (χ1n) is 10.00. The van der Waals surface area contributed by atoms with Crippen LogP contribution < -0.4 is 10.6 Å². The highest BCUT2D eigenvalue weighted by Gasteiger charge is 2.16. The van der Waals surface area contributed by atoms with Crippen LogP contribution in [0.5, 0.6) is 0 Å². The number of thioether (sulfide) groups is 1. The zero-order valence-corrected chi connectivity index (χ0v) is 19.7. The molecule has 0 aliphatic rings. The summed E-state index contributed by atoms with van der Waals surface area (Å²) >= 11 is 7.64. The molecular formula is C22H26ClN3O5S. The van der Waals surface area contributed by atoms with Gasteiger partial charge in [0.2, 0.25) is 0 Å². The monoisotopic (exact) mass is 479 g/mol. The normalized spacial score (nSPS) is 11.0. The highest BCUT2D eigenvalue weighted by atomic mass is 35.5. The average molecular weight is 480 g/mol. The number of unbranched alkanes of at least 4 members (excludes halogenated alkanes) is 1. The Morgan fingerprint density at radius 1 is 1.12 bits per heavy atom. The van der Waals surface area contributed by atoms with Gasteiger partial charge < -0.3 is 10.1 Å². The van der Waals surface area contributed by atoms with Crippen molar-refractivity contribution >= 4 is 46.7 Å². The van der Waals surface area contributed by atoms with Crippen molar-refractivity contribution in [3.05, 3.63) is 63.2 Å². The van der Waals surface area contributed by atoms with Gasteiger partial charge in [-0.15, -0.1) is 11.8 Å². The lowest BCUT2D eigenvalue weighted by Gasteiger charge is -2.19. The Labute approximate surface area is 196 Å². The predicted octanol–water partition coefficient (Wildman–Crippen LogP) is 5.90. The number of nitrogens with one attached hydrogen (secondary N) is 2. The number of amides is 2. The number of carbonyl (C=O) groups is 2. The number of rotatable bonds is 9. The molecule has 0 spiro atoms. The van der Waals surface area contributed by atoms with Gasteiger partial charge in [0.1, 0.15) is 5.60 Å². The lowest BCUT2D eigenvalue weighted by molar-refractivity contribution is -0.384. The number of anilines is 1. The number of non-ortho nitro benzene ring substituents is 1. The van der Waals surface area contributed by atoms with Gasteiger partial charge >= 0.3 is 6.09 Å². The van der Waals surface area contributed by atoms with Crippen LogP contribution >= 0.6 is 23.4 Å². The molecule has 0 saturated carbocycles. The zero-order chi connectivity index (χ0) is 23.7. The van der Waals surface area contributed by atoms with Gasteiger partial charge in [-0.25, -0.2) is 4.79 Å². The molecule has 0 atom stereocenters. The lowest BCUT2D eigenvalue weighted by atomic mass is 10.2. The van der Waals surface area contributed by atoms with Crippen molar-refractivity contribution in [3.63, 3.8) is 0 Å². The summed E-state index contributed by atoms with van der Waals surface area (Å²) in [6.07, 6.45) is 1.13. The molecule has 0 saturated heterocycles. The van der Waals surface area contributed by atoms with Gasteiger partial charge in [0.25, 0.3) is 11.6 Å². The molecule has 0 bridgehead atoms. The number of carbonyl (C=O) groups excluding carboxylic acids is 2. The Hall–Kier alpha value is -2.78. The van der Waals surface area contributed by atoms with E-state index in [4.69, 9.17) is 16.3 Å². The molecule has 2 aromatic carbocycles. The number of benzene rings is 2. The van der Waals surface area contributed by atoms with Gasteiger partial charge in [-0.3, -0.25) is 20.2 Å². The highest BCUT2D eigenvalue weighted by molar-refractivity contribution is 7.99. The molecule has 32 heavy (non-hydrogen) atoms. The van der Waals surface area contributed by atoms with Crippen LogP contribution in [0.3, 0.4) is 0 Å². The van der Waals surface area contributed by atoms with Crippen LogP contribution in [0.1, 0.15) is 44.0 Å². The number of halogens is 1. The predicted molar refractivity (Wildman–Crippen MR) is 127 cm³/mol. The van der Waals surface area contributed by atoms with Crippen molar-refractivity contribution in [3.8, 4) is 0 Å². The van der Waals surface area contributed by atoms with E-state index in [9.17, 15) is 19.7 Å². The SMILES string of the molecule is CC(C)(C)OC(=O)Nc1ccc(SCCCCNC(=O)c2cc([N+](=O)[O-])ccc2Cl)cc1. The minimum atomic E-state index is -0.565. The molecule has 10 heteroatoms. The summed E-state index contributed by atoms with van der Waals surface area (Å²) in [6.45, 7) is 5.86. The van der Waals surface area contributed by atoms with Gasteiger partial charge in [0.05, 0.1) is 15.5 Å². The molecule has 172 valence electrons. The van der Waals surface area contributed by atoms with Crippen molar-refractivity contribution in [2.45, 2.75) is 44.1 Å². The van der Waals surface area contributed by atoms with Crippen LogP contribution in [0, 0.1) is 10.1 Å². The molecule has 2 amide bonds. The first-order valence-corrected chi connectivity index (χ1v) is 11.4. The van der Waals surface area contributed by atoms with Crippen molar-refractivity contribution < 1.29 is 19.2 Å². The van der Waals surface area contributed by atoms with Gasteiger partial charge in [0.15, 0.2) is 0 Å². The second kappa shape index (κ2) is 11.7. The molecule has 2 N–H and O–H groups in total. The maximum atomic E-state index is 12.2. The smallest absolute Gasteiger partial charge is 0.412 e. The van der Waals surface area contributed by atoms with E-state index in [-0.39, 0.29) is 16.3 Å². The summed E-state index contributed by atoms with van der Waals surface area (Å²) in [5, 5.41) is 16.5. The standard InChI is InChI=1S/C22H26ClN3O5S/c1-22(2,3)31-21(28)25-15-6-9-17(10-7-15)32-13-5-4-12-24-20(27)18-14-16(26(29)30)8-11-19(18)23/h6-11,14H,4-5,12-13H2,1-3H3,(H,24,27)(H,25,28). The first kappa shape index (κ1) is 25.5. The summed E-state index contributed by atoms with van der Waals surface area (Å²) in [5.41, 5.74) is 0.0229. The molecule has 0 aliphatic heterocycles. The number of nitrogens with zero attached hydrogens (tertiary/aromatic N) is 1. The minimum Gasteiger partial charge on any atom is -0.444 e. The van der Waals surface area contributed by atoms with Gasteiger partial charge in [0, 0.05) is 29.3 Å². The van der Waals surface area contributed by atoms with E-state index < -0.39 is 22.5 Å². The molecule has 0 fully saturated rings. The highest BCUT2D eigenvalue weighted by Crippen LogP contribution is 2.23. The Morgan fingerprint density at radius 2 is 1.81 bits per heavy atom. The second-order valence-corrected chi connectivity index (χ2v) is 9.46. The van der Waals surface area contributed by atoms with E-state index in [1.807, 2.05) is 24.3 Å². The maximum absolute atomic E-state index is 12.2. The summed E-state index contributed by atoms with van der Waals surface area (Å²) in [5.74, 6) is 0.422. The van der Waals surface area contributed by atoms with Crippen molar-refractivity contribution in [2.24, 2.45) is 0 Å².